The van der Waals surface area contributed by atoms with Crippen LogP contribution in [-0.2, 0) is 0 Å². The van der Waals surface area contributed by atoms with Crippen LogP contribution >= 0.6 is 0 Å². The highest BCUT2D eigenvalue weighted by atomic mass is 16.1. The Hall–Kier alpha value is -1.31. The fourth-order valence-corrected chi connectivity index (χ4v) is 1.90. The van der Waals surface area contributed by atoms with Gasteiger partial charge in [-0.05, 0) is 37.8 Å². The number of aryl methyl sites for hydroxylation is 1. The molecule has 1 aliphatic rings. The molecule has 0 spiro atoms. The fourth-order valence-electron chi connectivity index (χ4n) is 1.90. The first-order valence-corrected chi connectivity index (χ1v) is 5.47. The first-order valence-electron chi connectivity index (χ1n) is 5.47. The van der Waals surface area contributed by atoms with Crippen molar-refractivity contribution in [2.75, 3.05) is 18.5 Å². The maximum Gasteiger partial charge on any atom is 0.152 e. The van der Waals surface area contributed by atoms with Crippen molar-refractivity contribution in [2.45, 2.75) is 19.8 Å². The summed E-state index contributed by atoms with van der Waals surface area (Å²) in [5.74, 6) is 0.843. The molecule has 0 bridgehead atoms. The minimum Gasteiger partial charge on any atom is -0.374 e. The predicted octanol–water partition coefficient (Wildman–Crippen LogP) is 2.65. The van der Waals surface area contributed by atoms with E-state index in [2.05, 4.69) is 18.0 Å². The second-order valence-electron chi connectivity index (χ2n) is 4.50. The minimum absolute atomic E-state index is 0.804. The summed E-state index contributed by atoms with van der Waals surface area (Å²) in [6, 6.07) is 6.05. The van der Waals surface area contributed by atoms with E-state index in [1.807, 2.05) is 19.1 Å². The molecule has 1 aromatic rings. The molecule has 0 radical (unpaired) electrons. The number of rotatable bonds is 4. The summed E-state index contributed by atoms with van der Waals surface area (Å²) < 4.78 is 0. The lowest BCUT2D eigenvalue weighted by molar-refractivity contribution is 0.112. The van der Waals surface area contributed by atoms with Gasteiger partial charge in [0.1, 0.15) is 0 Å². The number of hydrogen-bond donors (Lipinski definition) is 0. The van der Waals surface area contributed by atoms with Gasteiger partial charge in [-0.1, -0.05) is 11.6 Å². The Kier molecular flexibility index (Phi) is 2.76. The number of carbonyl (C=O) groups is 1. The van der Waals surface area contributed by atoms with E-state index in [9.17, 15) is 4.79 Å². The highest BCUT2D eigenvalue weighted by molar-refractivity contribution is 5.84. The normalized spacial score (nSPS) is 15.1. The molecule has 80 valence electrons. The van der Waals surface area contributed by atoms with Gasteiger partial charge in [0.15, 0.2) is 6.29 Å². The molecule has 0 aliphatic heterocycles. The van der Waals surface area contributed by atoms with Crippen LogP contribution in [0.15, 0.2) is 18.2 Å². The zero-order valence-corrected chi connectivity index (χ0v) is 9.36. The molecular weight excluding hydrogens is 186 g/mol. The Morgan fingerprint density at radius 3 is 2.80 bits per heavy atom. The average Bonchev–Trinajstić information content (AvgIpc) is 3.01. The molecular formula is C13H17NO. The lowest BCUT2D eigenvalue weighted by atomic mass is 10.1. The van der Waals surface area contributed by atoms with Crippen molar-refractivity contribution in [2.24, 2.45) is 5.92 Å². The zero-order chi connectivity index (χ0) is 10.8. The third kappa shape index (κ3) is 2.38. The summed E-state index contributed by atoms with van der Waals surface area (Å²) in [6.07, 6.45) is 3.63. The second kappa shape index (κ2) is 4.05. The van der Waals surface area contributed by atoms with Gasteiger partial charge in [0.05, 0.1) is 0 Å². The standard InChI is InChI=1S/C13H17NO/c1-10-3-6-13(12(7-10)9-15)14(2)8-11-4-5-11/h3,6-7,9,11H,4-5,8H2,1-2H3. The van der Waals surface area contributed by atoms with Crippen LogP contribution in [0.1, 0.15) is 28.8 Å². The van der Waals surface area contributed by atoms with Gasteiger partial charge in [-0.2, -0.15) is 0 Å². The van der Waals surface area contributed by atoms with Crippen molar-refractivity contribution in [3.63, 3.8) is 0 Å². The average molecular weight is 203 g/mol. The molecule has 0 unspecified atom stereocenters. The number of hydrogen-bond acceptors (Lipinski definition) is 2. The molecule has 0 heterocycles. The third-order valence-electron chi connectivity index (χ3n) is 2.95. The van der Waals surface area contributed by atoms with Crippen molar-refractivity contribution in [1.29, 1.82) is 0 Å². The Bertz CT molecular complexity index is 369. The first kappa shape index (κ1) is 10.2. The summed E-state index contributed by atoms with van der Waals surface area (Å²) in [5.41, 5.74) is 3.00. The molecule has 1 fully saturated rings. The quantitative estimate of drug-likeness (QED) is 0.701. The van der Waals surface area contributed by atoms with Gasteiger partial charge in [0, 0.05) is 24.8 Å². The topological polar surface area (TPSA) is 20.3 Å². The van der Waals surface area contributed by atoms with E-state index < -0.39 is 0 Å². The number of nitrogens with zero attached hydrogens (tertiary/aromatic N) is 1. The highest BCUT2D eigenvalue weighted by Crippen LogP contribution is 2.31. The van der Waals surface area contributed by atoms with Crippen molar-refractivity contribution < 1.29 is 4.79 Å². The van der Waals surface area contributed by atoms with Crippen molar-refractivity contribution in [3.05, 3.63) is 29.3 Å². The van der Waals surface area contributed by atoms with E-state index in [1.165, 1.54) is 12.8 Å². The highest BCUT2D eigenvalue weighted by Gasteiger charge is 2.23. The van der Waals surface area contributed by atoms with Crippen LogP contribution in [0.4, 0.5) is 5.69 Å². The van der Waals surface area contributed by atoms with Gasteiger partial charge in [-0.25, -0.2) is 0 Å². The van der Waals surface area contributed by atoms with Crippen LogP contribution in [0.25, 0.3) is 0 Å². The van der Waals surface area contributed by atoms with Crippen LogP contribution < -0.4 is 4.90 Å². The lowest BCUT2D eigenvalue weighted by Crippen LogP contribution is -2.21. The van der Waals surface area contributed by atoms with Crippen molar-refractivity contribution >= 4 is 12.0 Å². The summed E-state index contributed by atoms with van der Waals surface area (Å²) >= 11 is 0. The van der Waals surface area contributed by atoms with Gasteiger partial charge >= 0.3 is 0 Å². The van der Waals surface area contributed by atoms with Gasteiger partial charge in [-0.3, -0.25) is 4.79 Å². The minimum atomic E-state index is 0.804. The molecule has 1 aliphatic carbocycles. The van der Waals surface area contributed by atoms with Gasteiger partial charge in [0.2, 0.25) is 0 Å². The molecule has 2 nitrogen and oxygen atoms in total. The molecule has 1 aromatic carbocycles. The Balaban J connectivity index is 2.20. The second-order valence-corrected chi connectivity index (χ2v) is 4.50. The van der Waals surface area contributed by atoms with Crippen LogP contribution in [0, 0.1) is 12.8 Å². The number of benzene rings is 1. The monoisotopic (exact) mass is 203 g/mol. The van der Waals surface area contributed by atoms with Crippen LogP contribution in [-0.4, -0.2) is 19.9 Å². The summed E-state index contributed by atoms with van der Waals surface area (Å²) in [5, 5.41) is 0. The summed E-state index contributed by atoms with van der Waals surface area (Å²) in [7, 11) is 2.07. The van der Waals surface area contributed by atoms with Crippen molar-refractivity contribution in [1.82, 2.24) is 0 Å². The number of aldehydes is 1. The maximum atomic E-state index is 11.0. The maximum absolute atomic E-state index is 11.0. The molecule has 0 atom stereocenters. The van der Waals surface area contributed by atoms with Crippen molar-refractivity contribution in [3.8, 4) is 0 Å². The number of anilines is 1. The molecule has 0 amide bonds. The third-order valence-corrected chi connectivity index (χ3v) is 2.95. The summed E-state index contributed by atoms with van der Waals surface area (Å²) in [4.78, 5) is 13.2. The van der Waals surface area contributed by atoms with E-state index in [0.29, 0.717) is 0 Å². The van der Waals surface area contributed by atoms with Gasteiger partial charge < -0.3 is 4.90 Å². The Morgan fingerprint density at radius 1 is 1.47 bits per heavy atom. The van der Waals surface area contributed by atoms with Gasteiger partial charge in [-0.15, -0.1) is 0 Å². The molecule has 2 rings (SSSR count). The SMILES string of the molecule is Cc1ccc(N(C)CC2CC2)c(C=O)c1. The Labute approximate surface area is 90.9 Å². The van der Waals surface area contributed by atoms with E-state index in [-0.39, 0.29) is 0 Å². The van der Waals surface area contributed by atoms with Crippen LogP contribution in [0.3, 0.4) is 0 Å². The molecule has 0 aromatic heterocycles. The van der Waals surface area contributed by atoms with E-state index in [0.717, 1.165) is 35.6 Å². The van der Waals surface area contributed by atoms with Crippen LogP contribution in [0.5, 0.6) is 0 Å². The molecule has 1 saturated carbocycles. The van der Waals surface area contributed by atoms with Gasteiger partial charge in [0.25, 0.3) is 0 Å². The molecule has 0 saturated heterocycles. The smallest absolute Gasteiger partial charge is 0.152 e. The van der Waals surface area contributed by atoms with E-state index >= 15 is 0 Å². The first-order chi connectivity index (χ1) is 7.20. The van der Waals surface area contributed by atoms with E-state index in [1.54, 1.807) is 0 Å². The summed E-state index contributed by atoms with van der Waals surface area (Å²) in [6.45, 7) is 3.08. The lowest BCUT2D eigenvalue weighted by Gasteiger charge is -2.20. The van der Waals surface area contributed by atoms with E-state index in [4.69, 9.17) is 0 Å². The van der Waals surface area contributed by atoms with Crippen LogP contribution in [0.2, 0.25) is 0 Å². The fraction of sp³-hybridized carbons (Fsp3) is 0.462. The molecule has 0 N–H and O–H groups in total. The largest absolute Gasteiger partial charge is 0.374 e. The molecule has 2 heteroatoms. The molecule has 15 heavy (non-hydrogen) atoms. The predicted molar refractivity (Wildman–Crippen MR) is 62.6 cm³/mol. The number of carbonyl (C=O) groups excluding carboxylic acids is 1. The Morgan fingerprint density at radius 2 is 2.20 bits per heavy atom. The zero-order valence-electron chi connectivity index (χ0n) is 9.36.